The van der Waals surface area contributed by atoms with Crippen LogP contribution in [-0.2, 0) is 0 Å². The summed E-state index contributed by atoms with van der Waals surface area (Å²) >= 11 is 0. The van der Waals surface area contributed by atoms with Crippen LogP contribution in [0.15, 0.2) is 24.4 Å². The van der Waals surface area contributed by atoms with Crippen molar-refractivity contribution in [1.82, 2.24) is 15.0 Å². The molecule has 0 N–H and O–H groups in total. The van der Waals surface area contributed by atoms with Gasteiger partial charge in [-0.15, -0.1) is 5.10 Å². The second kappa shape index (κ2) is 7.46. The first-order chi connectivity index (χ1) is 12.0. The van der Waals surface area contributed by atoms with E-state index in [0.29, 0.717) is 17.9 Å². The molecule has 1 heterocycles. The molecule has 0 spiro atoms. The van der Waals surface area contributed by atoms with Crippen LogP contribution in [0.25, 0.3) is 11.3 Å². The van der Waals surface area contributed by atoms with Gasteiger partial charge in [-0.2, -0.15) is 0 Å². The van der Waals surface area contributed by atoms with E-state index in [9.17, 15) is 0 Å². The van der Waals surface area contributed by atoms with Gasteiger partial charge in [-0.05, 0) is 42.7 Å². The van der Waals surface area contributed by atoms with Gasteiger partial charge in [-0.3, -0.25) is 0 Å². The van der Waals surface area contributed by atoms with E-state index in [-0.39, 0.29) is 0 Å². The summed E-state index contributed by atoms with van der Waals surface area (Å²) in [6.07, 6.45) is 5.83. The van der Waals surface area contributed by atoms with E-state index in [0.717, 1.165) is 28.7 Å². The molecule has 5 nitrogen and oxygen atoms in total. The van der Waals surface area contributed by atoms with Crippen LogP contribution >= 0.6 is 0 Å². The molecular formula is C20H29N3O2. The van der Waals surface area contributed by atoms with Crippen LogP contribution in [0.1, 0.15) is 46.1 Å². The number of benzene rings is 1. The van der Waals surface area contributed by atoms with Crippen molar-refractivity contribution in [2.75, 3.05) is 14.2 Å². The van der Waals surface area contributed by atoms with Gasteiger partial charge in [-0.1, -0.05) is 32.4 Å². The van der Waals surface area contributed by atoms with Gasteiger partial charge in [0.05, 0.1) is 26.5 Å². The smallest absolute Gasteiger partial charge is 0.123 e. The highest BCUT2D eigenvalue weighted by Crippen LogP contribution is 2.41. The first-order valence-corrected chi connectivity index (χ1v) is 9.17. The number of nitrogens with zero attached hydrogens (tertiary/aromatic N) is 3. The Kier molecular flexibility index (Phi) is 5.30. The summed E-state index contributed by atoms with van der Waals surface area (Å²) in [6, 6.07) is 6.24. The molecule has 2 aromatic rings. The zero-order valence-electron chi connectivity index (χ0n) is 15.9. The summed E-state index contributed by atoms with van der Waals surface area (Å²) in [5.74, 6) is 3.57. The molecule has 1 aromatic heterocycles. The number of ether oxygens (including phenoxy) is 2. The lowest BCUT2D eigenvalue weighted by Gasteiger charge is -2.37. The van der Waals surface area contributed by atoms with Crippen molar-refractivity contribution >= 4 is 0 Å². The van der Waals surface area contributed by atoms with Crippen molar-refractivity contribution in [1.29, 1.82) is 0 Å². The van der Waals surface area contributed by atoms with E-state index >= 15 is 0 Å². The highest BCUT2D eigenvalue weighted by atomic mass is 16.5. The van der Waals surface area contributed by atoms with E-state index in [1.165, 1.54) is 19.3 Å². The summed E-state index contributed by atoms with van der Waals surface area (Å²) in [5.41, 5.74) is 1.82. The Morgan fingerprint density at radius 1 is 1.08 bits per heavy atom. The lowest BCUT2D eigenvalue weighted by Crippen LogP contribution is -2.30. The fourth-order valence-corrected chi connectivity index (χ4v) is 3.98. The fourth-order valence-electron chi connectivity index (χ4n) is 3.98. The maximum atomic E-state index is 5.37. The molecule has 1 saturated carbocycles. The minimum Gasteiger partial charge on any atom is -0.497 e. The lowest BCUT2D eigenvalue weighted by atomic mass is 9.74. The molecule has 25 heavy (non-hydrogen) atoms. The Morgan fingerprint density at radius 2 is 1.76 bits per heavy atom. The molecule has 3 rings (SSSR count). The van der Waals surface area contributed by atoms with Crippen molar-refractivity contribution in [2.24, 2.45) is 17.8 Å². The van der Waals surface area contributed by atoms with Crippen LogP contribution in [0.3, 0.4) is 0 Å². The number of methoxy groups -OCH3 is 2. The van der Waals surface area contributed by atoms with Crippen LogP contribution in [0.4, 0.5) is 0 Å². The first-order valence-electron chi connectivity index (χ1n) is 9.17. The molecular weight excluding hydrogens is 314 g/mol. The molecule has 1 unspecified atom stereocenters. The van der Waals surface area contributed by atoms with Crippen LogP contribution in [0, 0.1) is 17.8 Å². The number of hydrogen-bond donors (Lipinski definition) is 0. The molecule has 1 fully saturated rings. The van der Waals surface area contributed by atoms with Gasteiger partial charge in [0, 0.05) is 11.6 Å². The van der Waals surface area contributed by atoms with E-state index < -0.39 is 0 Å². The van der Waals surface area contributed by atoms with Crippen molar-refractivity contribution in [3.05, 3.63) is 24.4 Å². The standard InChI is InChI=1S/C20H29N3O2/c1-13(2)18-7-6-14(3)8-20(18)23-12-19(21-22-23)15-9-16(24-4)11-17(10-15)25-5/h9-14,18,20H,6-8H2,1-5H3/t14?,18-,20+/m0/s1. The summed E-state index contributed by atoms with van der Waals surface area (Å²) in [4.78, 5) is 0. The predicted molar refractivity (Wildman–Crippen MR) is 98.9 cm³/mol. The molecule has 0 saturated heterocycles. The lowest BCUT2D eigenvalue weighted by molar-refractivity contribution is 0.137. The van der Waals surface area contributed by atoms with Crippen molar-refractivity contribution < 1.29 is 9.47 Å². The van der Waals surface area contributed by atoms with Crippen LogP contribution in [-0.4, -0.2) is 29.2 Å². The molecule has 0 amide bonds. The zero-order chi connectivity index (χ0) is 18.0. The van der Waals surface area contributed by atoms with Gasteiger partial charge >= 0.3 is 0 Å². The minimum absolute atomic E-state index is 0.428. The van der Waals surface area contributed by atoms with E-state index in [1.54, 1.807) is 14.2 Å². The van der Waals surface area contributed by atoms with Gasteiger partial charge in [0.1, 0.15) is 17.2 Å². The number of rotatable bonds is 5. The maximum absolute atomic E-state index is 5.37. The summed E-state index contributed by atoms with van der Waals surface area (Å²) < 4.78 is 12.8. The van der Waals surface area contributed by atoms with Gasteiger partial charge in [0.25, 0.3) is 0 Å². The van der Waals surface area contributed by atoms with Crippen LogP contribution < -0.4 is 9.47 Å². The quantitative estimate of drug-likeness (QED) is 0.796. The SMILES string of the molecule is COc1cc(OC)cc(-c2cn([C@@H]3CC(C)CC[C@H]3C(C)C)nn2)c1. The predicted octanol–water partition coefficient (Wildman–Crippen LogP) is 4.60. The van der Waals surface area contributed by atoms with E-state index in [4.69, 9.17) is 9.47 Å². The fraction of sp³-hybridized carbons (Fsp3) is 0.600. The summed E-state index contributed by atoms with van der Waals surface area (Å²) in [7, 11) is 3.32. The van der Waals surface area contributed by atoms with Crippen molar-refractivity contribution in [3.63, 3.8) is 0 Å². The molecule has 0 aliphatic heterocycles. The summed E-state index contributed by atoms with van der Waals surface area (Å²) in [5, 5.41) is 8.91. The molecule has 0 bridgehead atoms. The third-order valence-electron chi connectivity index (χ3n) is 5.48. The third-order valence-corrected chi connectivity index (χ3v) is 5.48. The molecule has 1 aromatic carbocycles. The topological polar surface area (TPSA) is 49.2 Å². The van der Waals surface area contributed by atoms with Crippen molar-refractivity contribution in [3.8, 4) is 22.8 Å². The maximum Gasteiger partial charge on any atom is 0.123 e. The van der Waals surface area contributed by atoms with Gasteiger partial charge in [-0.25, -0.2) is 4.68 Å². The minimum atomic E-state index is 0.428. The second-order valence-corrected chi connectivity index (χ2v) is 7.58. The molecule has 0 radical (unpaired) electrons. The first kappa shape index (κ1) is 17.8. The highest BCUT2D eigenvalue weighted by molar-refractivity contribution is 5.63. The number of hydrogen-bond acceptors (Lipinski definition) is 4. The van der Waals surface area contributed by atoms with Gasteiger partial charge < -0.3 is 9.47 Å². The Morgan fingerprint density at radius 3 is 2.36 bits per heavy atom. The Balaban J connectivity index is 1.91. The van der Waals surface area contributed by atoms with E-state index in [1.807, 2.05) is 18.2 Å². The van der Waals surface area contributed by atoms with Gasteiger partial charge in [0.15, 0.2) is 0 Å². The largest absolute Gasteiger partial charge is 0.497 e. The number of aromatic nitrogens is 3. The Bertz CT molecular complexity index is 688. The Hall–Kier alpha value is -2.04. The monoisotopic (exact) mass is 343 g/mol. The highest BCUT2D eigenvalue weighted by Gasteiger charge is 2.32. The third kappa shape index (κ3) is 3.80. The average molecular weight is 343 g/mol. The van der Waals surface area contributed by atoms with Crippen LogP contribution in [0.2, 0.25) is 0 Å². The summed E-state index contributed by atoms with van der Waals surface area (Å²) in [6.45, 7) is 6.98. The van der Waals surface area contributed by atoms with Gasteiger partial charge in [0.2, 0.25) is 0 Å². The molecule has 1 aliphatic carbocycles. The van der Waals surface area contributed by atoms with E-state index in [2.05, 4.69) is 42.0 Å². The molecule has 5 heteroatoms. The van der Waals surface area contributed by atoms with Crippen molar-refractivity contribution in [2.45, 2.75) is 46.1 Å². The molecule has 3 atom stereocenters. The van der Waals surface area contributed by atoms with Crippen LogP contribution in [0.5, 0.6) is 11.5 Å². The zero-order valence-corrected chi connectivity index (χ0v) is 15.9. The second-order valence-electron chi connectivity index (χ2n) is 7.58. The molecule has 1 aliphatic rings. The average Bonchev–Trinajstić information content (AvgIpc) is 3.11. The molecule has 136 valence electrons. The Labute approximate surface area is 150 Å². The normalized spacial score (nSPS) is 23.7.